The van der Waals surface area contributed by atoms with Crippen LogP contribution in [0.4, 0.5) is 0 Å². The lowest BCUT2D eigenvalue weighted by molar-refractivity contribution is -0.143. The van der Waals surface area contributed by atoms with Crippen LogP contribution in [-0.2, 0) is 19.2 Å². The fourth-order valence-corrected chi connectivity index (χ4v) is 2.41. The van der Waals surface area contributed by atoms with Crippen LogP contribution in [0.1, 0.15) is 0 Å². The first-order chi connectivity index (χ1) is 22.2. The van der Waals surface area contributed by atoms with E-state index >= 15 is 0 Å². The zero-order chi connectivity index (χ0) is 38.9. The average molecular weight is 721 g/mol. The number of Topliss-reactive ketones (excluding diaryl/α,β-unsaturated/α-hetero) is 4. The molecule has 24 nitrogen and oxygen atoms in total. The molecule has 0 bridgehead atoms. The molecule has 20 N–H and O–H groups in total. The van der Waals surface area contributed by atoms with Crippen LogP contribution in [0.3, 0.4) is 0 Å². The lowest BCUT2D eigenvalue weighted by Crippen LogP contribution is -2.44. The largest absolute Gasteiger partial charge is 0.394 e. The maximum Gasteiger partial charge on any atom is 0.189 e. The van der Waals surface area contributed by atoms with E-state index in [0.29, 0.717) is 0 Å². The third-order valence-corrected chi connectivity index (χ3v) is 5.56. The molecule has 0 aromatic heterocycles. The second kappa shape index (κ2) is 29.8. The molecule has 0 aromatic carbocycles. The molecule has 0 saturated carbocycles. The Balaban J connectivity index is -0.000000269. The van der Waals surface area contributed by atoms with E-state index in [1.165, 1.54) is 0 Å². The number of carbonyl (C=O) groups excluding carboxylic acids is 4. The summed E-state index contributed by atoms with van der Waals surface area (Å²) in [5.41, 5.74) is 0. The molecule has 0 aliphatic heterocycles. The molecule has 0 saturated heterocycles. The van der Waals surface area contributed by atoms with Gasteiger partial charge in [0, 0.05) is 0 Å². The summed E-state index contributed by atoms with van der Waals surface area (Å²) >= 11 is 0. The molecule has 0 unspecified atom stereocenters. The number of aliphatic hydroxyl groups is 20. The molecule has 0 radical (unpaired) electrons. The van der Waals surface area contributed by atoms with E-state index in [1.807, 2.05) is 0 Å². The average Bonchev–Trinajstić information content (AvgIpc) is 3.12. The molecule has 0 aromatic rings. The maximum absolute atomic E-state index is 10.5. The van der Waals surface area contributed by atoms with Gasteiger partial charge < -0.3 is 102 Å². The van der Waals surface area contributed by atoms with Crippen LogP contribution < -0.4 is 0 Å². The number of carbonyl (C=O) groups is 4. The highest BCUT2D eigenvalue weighted by Crippen LogP contribution is 2.03. The van der Waals surface area contributed by atoms with E-state index in [1.54, 1.807) is 0 Å². The molecular formula is C24H48O24. The van der Waals surface area contributed by atoms with Gasteiger partial charge in [-0.1, -0.05) is 0 Å². The zero-order valence-electron chi connectivity index (χ0n) is 25.2. The Morgan fingerprint density at radius 2 is 0.417 bits per heavy atom. The summed E-state index contributed by atoms with van der Waals surface area (Å²) < 4.78 is 0. The van der Waals surface area contributed by atoms with Gasteiger partial charge in [0.2, 0.25) is 0 Å². The molecule has 0 aliphatic carbocycles. The molecule has 12 atom stereocenters. The van der Waals surface area contributed by atoms with E-state index in [-0.39, 0.29) is 0 Å². The van der Waals surface area contributed by atoms with Crippen LogP contribution in [0.5, 0.6) is 0 Å². The molecule has 0 spiro atoms. The Morgan fingerprint density at radius 3 is 0.500 bits per heavy atom. The topological polar surface area (TPSA) is 473 Å². The fraction of sp³-hybridized carbons (Fsp3) is 0.833. The van der Waals surface area contributed by atoms with Gasteiger partial charge in [-0.15, -0.1) is 0 Å². The minimum absolute atomic E-state index is 0.767. The number of aliphatic hydroxyl groups excluding tert-OH is 20. The quantitative estimate of drug-likeness (QED) is 0.0555. The SMILES string of the molecule is O=C(CO)[C@@H](O)[C@H](O)[C@H](O)CO.O=C(CO)[C@@H](O)[C@H](O)[C@H](O)CO.O=C(CO)[C@H](O)[C@@H](O)[C@H](O)CO.O=C(CO)[C@H](O)[C@@H](O)[C@H](O)CO. The van der Waals surface area contributed by atoms with Crippen LogP contribution >= 0.6 is 0 Å². The lowest BCUT2D eigenvalue weighted by atomic mass is 10.1. The Hall–Kier alpha value is -2.12. The summed E-state index contributed by atoms with van der Waals surface area (Å²) in [6.07, 6.45) is -20.9. The summed E-state index contributed by atoms with van der Waals surface area (Å²) in [7, 11) is 0. The third kappa shape index (κ3) is 21.1. The highest BCUT2D eigenvalue weighted by Gasteiger charge is 2.31. The van der Waals surface area contributed by atoms with Crippen molar-refractivity contribution < 1.29 is 121 Å². The molecule has 0 rings (SSSR count). The van der Waals surface area contributed by atoms with Crippen molar-refractivity contribution in [2.24, 2.45) is 0 Å². The van der Waals surface area contributed by atoms with Gasteiger partial charge >= 0.3 is 0 Å². The van der Waals surface area contributed by atoms with Gasteiger partial charge in [-0.3, -0.25) is 19.2 Å². The van der Waals surface area contributed by atoms with Gasteiger partial charge in [0.15, 0.2) is 23.1 Å². The smallest absolute Gasteiger partial charge is 0.189 e. The molecule has 0 fully saturated rings. The highest BCUT2D eigenvalue weighted by molar-refractivity contribution is 5.85. The van der Waals surface area contributed by atoms with Crippen LogP contribution in [0.25, 0.3) is 0 Å². The van der Waals surface area contributed by atoms with Crippen LogP contribution in [0.15, 0.2) is 0 Å². The van der Waals surface area contributed by atoms with Gasteiger partial charge in [-0.25, -0.2) is 0 Å². The normalized spacial score (nSPS) is 18.4. The lowest BCUT2D eigenvalue weighted by Gasteiger charge is -2.19. The monoisotopic (exact) mass is 720 g/mol. The summed E-state index contributed by atoms with van der Waals surface area (Å²) in [5, 5.41) is 172. The van der Waals surface area contributed by atoms with E-state index in [0.717, 1.165) is 0 Å². The molecule has 288 valence electrons. The van der Waals surface area contributed by atoms with Gasteiger partial charge in [0.05, 0.1) is 26.4 Å². The fourth-order valence-electron chi connectivity index (χ4n) is 2.41. The maximum atomic E-state index is 10.5. The Bertz CT molecular complexity index is 724. The van der Waals surface area contributed by atoms with Crippen LogP contribution in [0.2, 0.25) is 0 Å². The van der Waals surface area contributed by atoms with Crippen LogP contribution in [0, 0.1) is 0 Å². The molecule has 0 heterocycles. The predicted octanol–water partition coefficient (Wildman–Crippen LogP) is -13.5. The molecular weight excluding hydrogens is 672 g/mol. The first-order valence-electron chi connectivity index (χ1n) is 13.3. The van der Waals surface area contributed by atoms with Gasteiger partial charge in [0.1, 0.15) is 99.7 Å². The number of ketones is 4. The number of rotatable bonds is 20. The third-order valence-electron chi connectivity index (χ3n) is 5.56. The van der Waals surface area contributed by atoms with Gasteiger partial charge in [-0.2, -0.15) is 0 Å². The number of hydrogen-bond donors (Lipinski definition) is 20. The second-order valence-electron chi connectivity index (χ2n) is 9.24. The molecule has 48 heavy (non-hydrogen) atoms. The van der Waals surface area contributed by atoms with Crippen molar-refractivity contribution in [3.8, 4) is 0 Å². The van der Waals surface area contributed by atoms with Crippen molar-refractivity contribution in [1.82, 2.24) is 0 Å². The van der Waals surface area contributed by atoms with Gasteiger partial charge in [0.25, 0.3) is 0 Å². The standard InChI is InChI=1S/4C6H12O6/c4*7-1-3(9)5(11)6(12)4(10)2-8/h4*3,5-9,11-12H,1-2H2/t2*3-,5+,6+;2*3-,5-,6-/m1111/s1. The Morgan fingerprint density at radius 1 is 0.292 bits per heavy atom. The van der Waals surface area contributed by atoms with Crippen molar-refractivity contribution >= 4 is 23.1 Å². The zero-order valence-corrected chi connectivity index (χ0v) is 25.2. The summed E-state index contributed by atoms with van der Waals surface area (Å²) in [6, 6.07) is 0. The molecule has 0 amide bonds. The van der Waals surface area contributed by atoms with Crippen molar-refractivity contribution in [2.75, 3.05) is 52.9 Å². The predicted molar refractivity (Wildman–Crippen MR) is 149 cm³/mol. The first kappa shape index (κ1) is 52.7. The van der Waals surface area contributed by atoms with Crippen LogP contribution in [-0.4, -0.2) is 251 Å². The van der Waals surface area contributed by atoms with E-state index < -0.39 is 149 Å². The molecule has 24 heteroatoms. The number of hydrogen-bond acceptors (Lipinski definition) is 24. The van der Waals surface area contributed by atoms with E-state index in [4.69, 9.17) is 102 Å². The van der Waals surface area contributed by atoms with Crippen molar-refractivity contribution in [2.45, 2.75) is 73.2 Å². The van der Waals surface area contributed by atoms with Crippen molar-refractivity contribution in [3.05, 3.63) is 0 Å². The minimum Gasteiger partial charge on any atom is -0.394 e. The molecule has 0 aliphatic rings. The first-order valence-corrected chi connectivity index (χ1v) is 13.3. The van der Waals surface area contributed by atoms with Gasteiger partial charge in [-0.05, 0) is 0 Å². The van der Waals surface area contributed by atoms with E-state index in [9.17, 15) is 19.2 Å². The minimum atomic E-state index is -1.86. The van der Waals surface area contributed by atoms with E-state index in [2.05, 4.69) is 0 Å². The second-order valence-corrected chi connectivity index (χ2v) is 9.24. The summed E-state index contributed by atoms with van der Waals surface area (Å²) in [4.78, 5) is 42.1. The Labute approximate surface area is 271 Å². The van der Waals surface area contributed by atoms with Crippen molar-refractivity contribution in [3.63, 3.8) is 0 Å². The van der Waals surface area contributed by atoms with Crippen molar-refractivity contribution in [1.29, 1.82) is 0 Å². The summed E-state index contributed by atoms with van der Waals surface area (Å²) in [5.74, 6) is -4.02. The summed E-state index contributed by atoms with van der Waals surface area (Å²) in [6.45, 7) is -6.75. The highest BCUT2D eigenvalue weighted by atomic mass is 16.4. The Kier molecular flexibility index (Phi) is 32.7.